The van der Waals surface area contributed by atoms with Gasteiger partial charge in [-0.3, -0.25) is 4.79 Å². The van der Waals surface area contributed by atoms with Crippen molar-refractivity contribution in [3.8, 4) is 0 Å². The first-order chi connectivity index (χ1) is 6.36. The topological polar surface area (TPSA) is 46.5 Å². The van der Waals surface area contributed by atoms with E-state index in [1.54, 1.807) is 11.8 Å². The Balaban J connectivity index is 2.76. The summed E-state index contributed by atoms with van der Waals surface area (Å²) in [6.07, 6.45) is 1.23. The average molecular weight is 218 g/mol. The maximum atomic E-state index is 11.3. The predicted octanol–water partition coefficient (Wildman–Crippen LogP) is 2.15. The summed E-state index contributed by atoms with van der Waals surface area (Å²) in [5.41, 5.74) is 0. The van der Waals surface area contributed by atoms with E-state index in [0.29, 0.717) is 26.1 Å². The summed E-state index contributed by atoms with van der Waals surface area (Å²) in [6, 6.07) is 0. The van der Waals surface area contributed by atoms with Crippen LogP contribution in [-0.4, -0.2) is 33.8 Å². The molecule has 1 rings (SSSR count). The van der Waals surface area contributed by atoms with Crippen molar-refractivity contribution in [3.05, 3.63) is 0 Å². The molecule has 0 spiro atoms. The zero-order valence-electron chi connectivity index (χ0n) is 9.00. The first kappa shape index (κ1) is 11.9. The average Bonchev–Trinajstić information content (AvgIpc) is 2.02. The lowest BCUT2D eigenvalue weighted by Crippen LogP contribution is -2.43. The third kappa shape index (κ3) is 2.89. The second-order valence-corrected chi connectivity index (χ2v) is 6.84. The Kier molecular flexibility index (Phi) is 3.48. The number of hydrogen-bond donors (Lipinski definition) is 1. The van der Waals surface area contributed by atoms with Crippen molar-refractivity contribution in [1.29, 1.82) is 0 Å². The van der Waals surface area contributed by atoms with Crippen LogP contribution in [0.1, 0.15) is 33.6 Å². The van der Waals surface area contributed by atoms with E-state index in [2.05, 4.69) is 20.8 Å². The zero-order valence-corrected chi connectivity index (χ0v) is 9.82. The van der Waals surface area contributed by atoms with Crippen LogP contribution >= 0.6 is 11.8 Å². The Morgan fingerprint density at radius 1 is 1.36 bits per heavy atom. The molecule has 14 heavy (non-hydrogen) atoms. The molecule has 1 N–H and O–H groups in total. The van der Waals surface area contributed by atoms with Crippen molar-refractivity contribution in [2.75, 3.05) is 13.2 Å². The molecular weight excluding hydrogens is 200 g/mol. The summed E-state index contributed by atoms with van der Waals surface area (Å²) in [4.78, 5) is 11.3. The molecule has 1 heterocycles. The fourth-order valence-electron chi connectivity index (χ4n) is 1.65. The van der Waals surface area contributed by atoms with E-state index < -0.39 is 10.7 Å². The van der Waals surface area contributed by atoms with Crippen LogP contribution in [0, 0.1) is 0 Å². The first-order valence-corrected chi connectivity index (χ1v) is 5.69. The lowest BCUT2D eigenvalue weighted by atomic mass is 9.99. The number of carboxylic acids is 1. The molecule has 0 unspecified atom stereocenters. The Hall–Kier alpha value is -0.220. The SMILES string of the molecule is CC(C)(C)SC1(C(=O)O)CCOCC1. The van der Waals surface area contributed by atoms with Gasteiger partial charge < -0.3 is 9.84 Å². The van der Waals surface area contributed by atoms with E-state index in [0.717, 1.165) is 0 Å². The highest BCUT2D eigenvalue weighted by Gasteiger charge is 2.43. The monoisotopic (exact) mass is 218 g/mol. The Labute approximate surface area is 89.2 Å². The molecule has 1 aliphatic rings. The second kappa shape index (κ2) is 4.11. The minimum Gasteiger partial charge on any atom is -0.480 e. The summed E-state index contributed by atoms with van der Waals surface area (Å²) in [6.45, 7) is 7.29. The summed E-state index contributed by atoms with van der Waals surface area (Å²) in [7, 11) is 0. The van der Waals surface area contributed by atoms with Crippen molar-refractivity contribution >= 4 is 17.7 Å². The number of aliphatic carboxylic acids is 1. The molecule has 0 atom stereocenters. The van der Waals surface area contributed by atoms with Crippen molar-refractivity contribution < 1.29 is 14.6 Å². The third-order valence-electron chi connectivity index (χ3n) is 2.19. The van der Waals surface area contributed by atoms with Gasteiger partial charge in [0.25, 0.3) is 0 Å². The van der Waals surface area contributed by atoms with E-state index in [1.165, 1.54) is 0 Å². The fraction of sp³-hybridized carbons (Fsp3) is 0.900. The number of thioether (sulfide) groups is 1. The van der Waals surface area contributed by atoms with Gasteiger partial charge in [-0.15, -0.1) is 11.8 Å². The Morgan fingerprint density at radius 3 is 2.21 bits per heavy atom. The molecule has 1 aliphatic heterocycles. The number of rotatable bonds is 2. The molecule has 0 aliphatic carbocycles. The van der Waals surface area contributed by atoms with Crippen LogP contribution in [0.4, 0.5) is 0 Å². The lowest BCUT2D eigenvalue weighted by molar-refractivity contribution is -0.142. The number of hydrogen-bond acceptors (Lipinski definition) is 3. The number of carbonyl (C=O) groups is 1. The first-order valence-electron chi connectivity index (χ1n) is 4.87. The molecule has 0 amide bonds. The maximum Gasteiger partial charge on any atom is 0.319 e. The van der Waals surface area contributed by atoms with Crippen molar-refractivity contribution in [2.24, 2.45) is 0 Å². The highest BCUT2D eigenvalue weighted by molar-refractivity contribution is 8.02. The molecule has 0 aromatic rings. The minimum atomic E-state index is -0.694. The minimum absolute atomic E-state index is 0.0181. The van der Waals surface area contributed by atoms with Crippen LogP contribution in [0.15, 0.2) is 0 Å². The van der Waals surface area contributed by atoms with Gasteiger partial charge in [-0.25, -0.2) is 0 Å². The van der Waals surface area contributed by atoms with Crippen molar-refractivity contribution in [1.82, 2.24) is 0 Å². The fourth-order valence-corrected chi connectivity index (χ4v) is 3.28. The molecule has 0 radical (unpaired) electrons. The molecule has 0 saturated carbocycles. The van der Waals surface area contributed by atoms with Crippen LogP contribution < -0.4 is 0 Å². The van der Waals surface area contributed by atoms with Crippen LogP contribution in [0.5, 0.6) is 0 Å². The third-order valence-corrected chi connectivity index (χ3v) is 3.78. The molecule has 0 aromatic heterocycles. The molecule has 4 heteroatoms. The van der Waals surface area contributed by atoms with Gasteiger partial charge in [-0.1, -0.05) is 20.8 Å². The molecule has 1 fully saturated rings. The second-order valence-electron chi connectivity index (χ2n) is 4.63. The van der Waals surface area contributed by atoms with Gasteiger partial charge in [-0.2, -0.15) is 0 Å². The smallest absolute Gasteiger partial charge is 0.319 e. The van der Waals surface area contributed by atoms with Gasteiger partial charge in [0.2, 0.25) is 0 Å². The molecule has 0 aromatic carbocycles. The predicted molar refractivity (Wildman–Crippen MR) is 57.8 cm³/mol. The van der Waals surface area contributed by atoms with Crippen LogP contribution in [0.3, 0.4) is 0 Å². The van der Waals surface area contributed by atoms with Gasteiger partial charge in [0.1, 0.15) is 4.75 Å². The van der Waals surface area contributed by atoms with Gasteiger partial charge >= 0.3 is 5.97 Å². The van der Waals surface area contributed by atoms with E-state index in [1.807, 2.05) is 0 Å². The molecule has 82 valence electrons. The number of ether oxygens (including phenoxy) is 1. The highest BCUT2D eigenvalue weighted by atomic mass is 32.2. The molecule has 1 saturated heterocycles. The molecular formula is C10H18O3S. The quantitative estimate of drug-likeness (QED) is 0.771. The zero-order chi connectivity index (χ0) is 10.8. The van der Waals surface area contributed by atoms with E-state index in [9.17, 15) is 9.90 Å². The summed E-state index contributed by atoms with van der Waals surface area (Å²) < 4.78 is 4.57. The van der Waals surface area contributed by atoms with E-state index in [4.69, 9.17) is 4.74 Å². The standard InChI is InChI=1S/C10H18O3S/c1-9(2,3)14-10(8(11)12)4-6-13-7-5-10/h4-7H2,1-3H3,(H,11,12). The Bertz CT molecular complexity index is 214. The van der Waals surface area contributed by atoms with E-state index in [-0.39, 0.29) is 4.75 Å². The summed E-state index contributed by atoms with van der Waals surface area (Å²) in [5.74, 6) is -0.694. The van der Waals surface area contributed by atoms with Crippen molar-refractivity contribution in [3.63, 3.8) is 0 Å². The molecule has 0 bridgehead atoms. The van der Waals surface area contributed by atoms with Gasteiger partial charge in [0.05, 0.1) is 0 Å². The summed E-state index contributed by atoms with van der Waals surface area (Å²) in [5, 5.41) is 9.28. The van der Waals surface area contributed by atoms with Gasteiger partial charge in [-0.05, 0) is 12.8 Å². The molecule has 3 nitrogen and oxygen atoms in total. The lowest BCUT2D eigenvalue weighted by Gasteiger charge is -2.37. The highest BCUT2D eigenvalue weighted by Crippen LogP contribution is 2.43. The van der Waals surface area contributed by atoms with E-state index >= 15 is 0 Å². The normalized spacial score (nSPS) is 21.9. The van der Waals surface area contributed by atoms with Crippen LogP contribution in [0.2, 0.25) is 0 Å². The summed E-state index contributed by atoms with van der Waals surface area (Å²) >= 11 is 1.55. The van der Waals surface area contributed by atoms with Crippen LogP contribution in [-0.2, 0) is 9.53 Å². The van der Waals surface area contributed by atoms with Gasteiger partial charge in [0, 0.05) is 18.0 Å². The number of carboxylic acid groups (broad SMARTS) is 1. The largest absolute Gasteiger partial charge is 0.480 e. The van der Waals surface area contributed by atoms with Crippen molar-refractivity contribution in [2.45, 2.75) is 43.1 Å². The Morgan fingerprint density at radius 2 is 1.86 bits per heavy atom. The van der Waals surface area contributed by atoms with Crippen LogP contribution in [0.25, 0.3) is 0 Å². The maximum absolute atomic E-state index is 11.3. The van der Waals surface area contributed by atoms with Gasteiger partial charge in [0.15, 0.2) is 0 Å².